The molecule has 0 saturated heterocycles. The number of rotatable bonds is 4. The van der Waals surface area contributed by atoms with E-state index in [9.17, 15) is 9.90 Å². The molecule has 0 radical (unpaired) electrons. The molecule has 0 aliphatic heterocycles. The van der Waals surface area contributed by atoms with Gasteiger partial charge in [-0.1, -0.05) is 26.2 Å². The monoisotopic (exact) mass is 184 g/mol. The van der Waals surface area contributed by atoms with Crippen LogP contribution in [0.15, 0.2) is 0 Å². The maximum atomic E-state index is 11.4. The summed E-state index contributed by atoms with van der Waals surface area (Å²) in [6, 6.07) is 0. The highest BCUT2D eigenvalue weighted by Gasteiger charge is 2.28. The second-order valence-corrected chi connectivity index (χ2v) is 4.03. The fourth-order valence-corrected chi connectivity index (χ4v) is 2.03. The Morgan fingerprint density at radius 2 is 2.31 bits per heavy atom. The standard InChI is InChI=1S/C11H20O2/c1-2-3-7-10(12)9-6-4-5-8-11(9)13/h9-10,12H,2-8H2,1H3/t9-,10+/m0/s1. The minimum Gasteiger partial charge on any atom is -0.392 e. The van der Waals surface area contributed by atoms with E-state index >= 15 is 0 Å². The lowest BCUT2D eigenvalue weighted by Gasteiger charge is -2.25. The van der Waals surface area contributed by atoms with Gasteiger partial charge in [0.1, 0.15) is 5.78 Å². The van der Waals surface area contributed by atoms with Gasteiger partial charge in [-0.05, 0) is 19.3 Å². The molecule has 13 heavy (non-hydrogen) atoms. The Morgan fingerprint density at radius 3 is 2.92 bits per heavy atom. The van der Waals surface area contributed by atoms with Crippen LogP contribution in [0.3, 0.4) is 0 Å². The van der Waals surface area contributed by atoms with E-state index in [1.807, 2.05) is 0 Å². The number of hydrogen-bond acceptors (Lipinski definition) is 2. The lowest BCUT2D eigenvalue weighted by Crippen LogP contribution is -2.30. The number of hydrogen-bond donors (Lipinski definition) is 1. The molecule has 1 rings (SSSR count). The SMILES string of the molecule is CCCC[C@@H](O)[C@@H]1CCCCC1=O. The van der Waals surface area contributed by atoms with Crippen LogP contribution in [0, 0.1) is 5.92 Å². The third-order valence-corrected chi connectivity index (χ3v) is 2.92. The number of unbranched alkanes of at least 4 members (excludes halogenated alkanes) is 1. The molecule has 0 aromatic rings. The van der Waals surface area contributed by atoms with Crippen LogP contribution in [0.2, 0.25) is 0 Å². The second kappa shape index (κ2) is 5.38. The fraction of sp³-hybridized carbons (Fsp3) is 0.909. The Labute approximate surface area is 80.3 Å². The van der Waals surface area contributed by atoms with E-state index in [1.54, 1.807) is 0 Å². The van der Waals surface area contributed by atoms with E-state index in [0.717, 1.165) is 38.5 Å². The van der Waals surface area contributed by atoms with Crippen LogP contribution in [0.4, 0.5) is 0 Å². The van der Waals surface area contributed by atoms with Gasteiger partial charge in [0.25, 0.3) is 0 Å². The van der Waals surface area contributed by atoms with Crippen molar-refractivity contribution in [1.29, 1.82) is 0 Å². The Morgan fingerprint density at radius 1 is 1.54 bits per heavy atom. The van der Waals surface area contributed by atoms with E-state index in [0.29, 0.717) is 6.42 Å². The van der Waals surface area contributed by atoms with E-state index in [2.05, 4.69) is 6.92 Å². The molecule has 1 N–H and O–H groups in total. The molecule has 0 amide bonds. The summed E-state index contributed by atoms with van der Waals surface area (Å²) in [7, 11) is 0. The lowest BCUT2D eigenvalue weighted by molar-refractivity contribution is -0.128. The minimum absolute atomic E-state index is 0.0414. The van der Waals surface area contributed by atoms with Crippen LogP contribution in [0.25, 0.3) is 0 Å². The van der Waals surface area contributed by atoms with E-state index < -0.39 is 0 Å². The first-order chi connectivity index (χ1) is 6.25. The quantitative estimate of drug-likeness (QED) is 0.728. The van der Waals surface area contributed by atoms with E-state index in [1.165, 1.54) is 0 Å². The van der Waals surface area contributed by atoms with Crippen molar-refractivity contribution >= 4 is 5.78 Å². The van der Waals surface area contributed by atoms with Gasteiger partial charge in [0, 0.05) is 12.3 Å². The zero-order valence-electron chi connectivity index (χ0n) is 8.46. The summed E-state index contributed by atoms with van der Waals surface area (Å²) in [5.74, 6) is 0.246. The molecule has 76 valence electrons. The smallest absolute Gasteiger partial charge is 0.138 e. The molecule has 0 aromatic heterocycles. The van der Waals surface area contributed by atoms with Gasteiger partial charge >= 0.3 is 0 Å². The van der Waals surface area contributed by atoms with Crippen LogP contribution in [-0.2, 0) is 4.79 Å². The van der Waals surface area contributed by atoms with Crippen LogP contribution < -0.4 is 0 Å². The third-order valence-electron chi connectivity index (χ3n) is 2.92. The molecule has 0 heterocycles. The summed E-state index contributed by atoms with van der Waals surface area (Å²) in [6.45, 7) is 2.11. The Kier molecular flexibility index (Phi) is 4.43. The molecular formula is C11H20O2. The molecule has 1 fully saturated rings. The van der Waals surface area contributed by atoms with Crippen molar-refractivity contribution in [2.45, 2.75) is 58.0 Å². The van der Waals surface area contributed by atoms with Gasteiger partial charge in [-0.3, -0.25) is 4.79 Å². The van der Waals surface area contributed by atoms with E-state index in [-0.39, 0.29) is 17.8 Å². The lowest BCUT2D eigenvalue weighted by atomic mass is 9.82. The summed E-state index contributed by atoms with van der Waals surface area (Å²) >= 11 is 0. The summed E-state index contributed by atoms with van der Waals surface area (Å²) < 4.78 is 0. The van der Waals surface area contributed by atoms with Crippen molar-refractivity contribution in [3.8, 4) is 0 Å². The number of carbonyl (C=O) groups excluding carboxylic acids is 1. The predicted molar refractivity (Wildman–Crippen MR) is 52.5 cm³/mol. The number of carbonyl (C=O) groups is 1. The predicted octanol–water partition coefficient (Wildman–Crippen LogP) is 2.30. The molecule has 0 spiro atoms. The number of aliphatic hydroxyl groups is 1. The van der Waals surface area contributed by atoms with Crippen molar-refractivity contribution in [2.75, 3.05) is 0 Å². The zero-order valence-corrected chi connectivity index (χ0v) is 8.46. The minimum atomic E-state index is -0.368. The van der Waals surface area contributed by atoms with Gasteiger partial charge in [0.05, 0.1) is 6.10 Å². The first kappa shape index (κ1) is 10.7. The Bertz CT molecular complexity index is 165. The van der Waals surface area contributed by atoms with Gasteiger partial charge in [-0.15, -0.1) is 0 Å². The molecule has 0 unspecified atom stereocenters. The van der Waals surface area contributed by atoms with Crippen molar-refractivity contribution in [3.05, 3.63) is 0 Å². The van der Waals surface area contributed by atoms with Crippen LogP contribution in [0.5, 0.6) is 0 Å². The summed E-state index contributed by atoms with van der Waals surface area (Å²) in [6.07, 6.45) is 6.29. The number of ketones is 1. The fourth-order valence-electron chi connectivity index (χ4n) is 2.03. The molecule has 2 heteroatoms. The third kappa shape index (κ3) is 3.11. The maximum Gasteiger partial charge on any atom is 0.138 e. The average Bonchev–Trinajstić information content (AvgIpc) is 2.15. The normalized spacial score (nSPS) is 26.0. The van der Waals surface area contributed by atoms with Crippen LogP contribution in [-0.4, -0.2) is 17.0 Å². The first-order valence-electron chi connectivity index (χ1n) is 5.46. The molecule has 0 bridgehead atoms. The van der Waals surface area contributed by atoms with Gasteiger partial charge in [-0.2, -0.15) is 0 Å². The Hall–Kier alpha value is -0.370. The molecule has 2 nitrogen and oxygen atoms in total. The van der Waals surface area contributed by atoms with Gasteiger partial charge in [-0.25, -0.2) is 0 Å². The van der Waals surface area contributed by atoms with Crippen molar-refractivity contribution in [3.63, 3.8) is 0 Å². The van der Waals surface area contributed by atoms with Gasteiger partial charge < -0.3 is 5.11 Å². The molecule has 1 saturated carbocycles. The first-order valence-corrected chi connectivity index (χ1v) is 5.46. The van der Waals surface area contributed by atoms with Crippen LogP contribution in [0.1, 0.15) is 51.9 Å². The number of aliphatic hydroxyl groups excluding tert-OH is 1. The molecule has 1 aliphatic rings. The molecular weight excluding hydrogens is 164 g/mol. The molecule has 1 aliphatic carbocycles. The van der Waals surface area contributed by atoms with E-state index in [4.69, 9.17) is 0 Å². The van der Waals surface area contributed by atoms with Gasteiger partial charge in [0.2, 0.25) is 0 Å². The highest BCUT2D eigenvalue weighted by atomic mass is 16.3. The highest BCUT2D eigenvalue weighted by molar-refractivity contribution is 5.82. The zero-order chi connectivity index (χ0) is 9.68. The summed E-state index contributed by atoms with van der Waals surface area (Å²) in [5.41, 5.74) is 0. The summed E-state index contributed by atoms with van der Waals surface area (Å²) in [5, 5.41) is 9.75. The van der Waals surface area contributed by atoms with Crippen molar-refractivity contribution in [2.24, 2.45) is 5.92 Å². The highest BCUT2D eigenvalue weighted by Crippen LogP contribution is 2.25. The van der Waals surface area contributed by atoms with Crippen molar-refractivity contribution in [1.82, 2.24) is 0 Å². The van der Waals surface area contributed by atoms with Crippen molar-refractivity contribution < 1.29 is 9.90 Å². The van der Waals surface area contributed by atoms with Crippen LogP contribution >= 0.6 is 0 Å². The van der Waals surface area contributed by atoms with Gasteiger partial charge in [0.15, 0.2) is 0 Å². The molecule has 2 atom stereocenters. The average molecular weight is 184 g/mol. The topological polar surface area (TPSA) is 37.3 Å². The second-order valence-electron chi connectivity index (χ2n) is 4.03. The number of Topliss-reactive ketones (excluding diaryl/α,β-unsaturated/α-hetero) is 1. The Balaban J connectivity index is 2.34. The maximum absolute atomic E-state index is 11.4. The molecule has 0 aromatic carbocycles. The summed E-state index contributed by atoms with van der Waals surface area (Å²) in [4.78, 5) is 11.4. The largest absolute Gasteiger partial charge is 0.392 e.